The first-order valence-electron chi connectivity index (χ1n) is 21.2. The molecule has 4 atom stereocenters. The molecule has 0 bridgehead atoms. The third kappa shape index (κ3) is 8.44. The Morgan fingerprint density at radius 3 is 1.56 bits per heavy atom. The minimum absolute atomic E-state index is 0.0878. The Morgan fingerprint density at radius 1 is 0.607 bits per heavy atom. The van der Waals surface area contributed by atoms with Crippen molar-refractivity contribution in [1.29, 1.82) is 0 Å². The van der Waals surface area contributed by atoms with Crippen molar-refractivity contribution in [1.82, 2.24) is 34.6 Å². The number of H-pyrrole nitrogens is 2. The molecular weight excluding hydrogens is 769 g/mol. The number of primary amides is 1. The summed E-state index contributed by atoms with van der Waals surface area (Å²) in [5.41, 5.74) is 12.7. The number of aromatic nitrogens is 4. The summed E-state index contributed by atoms with van der Waals surface area (Å²) in [6.45, 7) is 2.56. The topological polar surface area (TPSA) is 174 Å². The highest BCUT2D eigenvalue weighted by atomic mass is 16.6. The summed E-state index contributed by atoms with van der Waals surface area (Å²) in [7, 11) is 0. The van der Waals surface area contributed by atoms with E-state index in [1.165, 1.54) is 0 Å². The third-order valence-electron chi connectivity index (χ3n) is 12.4. The number of hydrogen-bond acceptors (Lipinski definition) is 8. The van der Waals surface area contributed by atoms with E-state index in [0.29, 0.717) is 50.4 Å². The number of carbonyl (C=O) groups is 3. The second-order valence-electron chi connectivity index (χ2n) is 16.2. The number of aliphatic hydroxyl groups is 1. The van der Waals surface area contributed by atoms with Gasteiger partial charge in [-0.15, -0.1) is 0 Å². The predicted molar refractivity (Wildman–Crippen MR) is 230 cm³/mol. The lowest BCUT2D eigenvalue weighted by atomic mass is 9.99. The molecule has 6 aromatic rings. The zero-order chi connectivity index (χ0) is 41.9. The minimum atomic E-state index is -1.13. The van der Waals surface area contributed by atoms with Gasteiger partial charge < -0.3 is 35.3 Å². The van der Waals surface area contributed by atoms with E-state index in [1.54, 1.807) is 35.4 Å². The summed E-state index contributed by atoms with van der Waals surface area (Å²) in [5.74, 6) is 1.23. The summed E-state index contributed by atoms with van der Waals surface area (Å²) in [4.78, 5) is 62.3. The van der Waals surface area contributed by atoms with Gasteiger partial charge in [-0.25, -0.2) is 14.8 Å². The van der Waals surface area contributed by atoms with E-state index in [-0.39, 0.29) is 30.0 Å². The maximum Gasteiger partial charge on any atom is 0.405 e. The highest BCUT2D eigenvalue weighted by Crippen LogP contribution is 2.38. The number of likely N-dealkylation sites (tertiary alicyclic amines) is 3. The summed E-state index contributed by atoms with van der Waals surface area (Å²) in [5, 5.41) is 10.2. The van der Waals surface area contributed by atoms with Gasteiger partial charge in [0.15, 0.2) is 0 Å². The molecule has 1 unspecified atom stereocenters. The third-order valence-corrected chi connectivity index (χ3v) is 12.4. The largest absolute Gasteiger partial charge is 0.431 e. The molecule has 61 heavy (non-hydrogen) atoms. The van der Waals surface area contributed by atoms with Crippen molar-refractivity contribution in [2.24, 2.45) is 5.73 Å². The van der Waals surface area contributed by atoms with Crippen LogP contribution in [0.5, 0.6) is 0 Å². The normalized spacial score (nSPS) is 19.5. The number of amides is 3. The Labute approximate surface area is 354 Å². The standard InChI is InChI=1S/C48H50N8O5/c49-48(60)61-43(36-11-5-2-6-12-36)47(59)56-26-8-14-41(56)45-51-30-39(53-45)34-21-17-32(18-22-34)31-15-19-33(20-16-31)38-29-50-44(52-38)40-13-7-25-55(40)46(58)42(35-9-3-1-4-10-35)54-27-23-37(57)24-28-54/h1-6,9-12,15-22,29-30,37,40-43,57H,7-8,13-14,23-28H2,(H2,49,60)(H,50,52)(H,51,53)/t40-,41-,42?,43+/m0/s1. The number of rotatable bonds is 11. The fraction of sp³-hybridized carbons (Fsp3) is 0.312. The Kier molecular flexibility index (Phi) is 11.5. The number of nitrogens with one attached hydrogen (secondary N) is 2. The lowest BCUT2D eigenvalue weighted by Gasteiger charge is -2.38. The first-order valence-corrected chi connectivity index (χ1v) is 21.2. The Morgan fingerprint density at radius 2 is 1.07 bits per heavy atom. The number of aromatic amines is 2. The molecule has 13 heteroatoms. The second-order valence-corrected chi connectivity index (χ2v) is 16.2. The van der Waals surface area contributed by atoms with Gasteiger partial charge in [-0.3, -0.25) is 14.5 Å². The van der Waals surface area contributed by atoms with Gasteiger partial charge in [0.25, 0.3) is 5.91 Å². The zero-order valence-electron chi connectivity index (χ0n) is 33.9. The van der Waals surface area contributed by atoms with E-state index in [9.17, 15) is 19.5 Å². The maximum absolute atomic E-state index is 14.4. The molecule has 0 radical (unpaired) electrons. The van der Waals surface area contributed by atoms with Crippen molar-refractivity contribution in [3.63, 3.8) is 0 Å². The van der Waals surface area contributed by atoms with Crippen LogP contribution in [0.1, 0.15) is 85.5 Å². The molecule has 0 saturated carbocycles. The van der Waals surface area contributed by atoms with Crippen molar-refractivity contribution in [3.8, 4) is 33.6 Å². The Bertz CT molecular complexity index is 2450. The highest BCUT2D eigenvalue weighted by molar-refractivity contribution is 5.85. The number of imidazole rings is 2. The summed E-state index contributed by atoms with van der Waals surface area (Å²) in [6, 6.07) is 34.7. The number of nitrogens with zero attached hydrogens (tertiary/aromatic N) is 5. The smallest absolute Gasteiger partial charge is 0.405 e. The SMILES string of the molecule is NC(=O)O[C@@H](C(=O)N1CCC[C@H]1c1ncc(-c2ccc(-c3ccc(-c4cnc([C@@H]5CCCN5C(=O)C(c5ccccc5)N5CCC(O)CC5)[nH]4)cc3)cc2)[nH]1)c1ccccc1. The molecule has 3 saturated heterocycles. The lowest BCUT2D eigenvalue weighted by Crippen LogP contribution is -2.46. The van der Waals surface area contributed by atoms with Crippen molar-refractivity contribution in [2.75, 3.05) is 26.2 Å². The molecule has 0 aliphatic carbocycles. The van der Waals surface area contributed by atoms with Crippen LogP contribution in [0.4, 0.5) is 4.79 Å². The van der Waals surface area contributed by atoms with E-state index in [2.05, 4.69) is 68.4 Å². The van der Waals surface area contributed by atoms with Crippen molar-refractivity contribution >= 4 is 17.9 Å². The van der Waals surface area contributed by atoms with Gasteiger partial charge in [0.05, 0.1) is 42.0 Å². The monoisotopic (exact) mass is 818 g/mol. The molecule has 312 valence electrons. The maximum atomic E-state index is 14.4. The van der Waals surface area contributed by atoms with Crippen LogP contribution < -0.4 is 5.73 Å². The zero-order valence-corrected chi connectivity index (χ0v) is 33.9. The van der Waals surface area contributed by atoms with E-state index >= 15 is 0 Å². The second kappa shape index (κ2) is 17.6. The predicted octanol–water partition coefficient (Wildman–Crippen LogP) is 7.50. The lowest BCUT2D eigenvalue weighted by molar-refractivity contribution is -0.142. The summed E-state index contributed by atoms with van der Waals surface area (Å²) < 4.78 is 5.31. The van der Waals surface area contributed by atoms with Crippen molar-refractivity contribution in [3.05, 3.63) is 144 Å². The quantitative estimate of drug-likeness (QED) is 0.104. The fourth-order valence-corrected chi connectivity index (χ4v) is 9.22. The van der Waals surface area contributed by atoms with Gasteiger partial charge in [-0.2, -0.15) is 0 Å². The van der Waals surface area contributed by atoms with Gasteiger partial charge in [-0.1, -0.05) is 109 Å². The van der Waals surface area contributed by atoms with Gasteiger partial charge in [-0.05, 0) is 66.3 Å². The van der Waals surface area contributed by atoms with Gasteiger partial charge in [0.1, 0.15) is 17.7 Å². The summed E-state index contributed by atoms with van der Waals surface area (Å²) in [6.07, 6.45) is 5.80. The van der Waals surface area contributed by atoms with E-state index in [0.717, 1.165) is 70.7 Å². The van der Waals surface area contributed by atoms with Crippen LogP contribution in [0.15, 0.2) is 122 Å². The Balaban J connectivity index is 0.860. The molecule has 3 aliphatic heterocycles. The highest BCUT2D eigenvalue weighted by Gasteiger charge is 2.40. The number of hydrogen-bond donors (Lipinski definition) is 4. The number of benzene rings is 4. The van der Waals surface area contributed by atoms with Crippen LogP contribution in [-0.2, 0) is 14.3 Å². The molecule has 4 aromatic carbocycles. The van der Waals surface area contributed by atoms with E-state index < -0.39 is 18.2 Å². The first-order chi connectivity index (χ1) is 29.8. The van der Waals surface area contributed by atoms with Gasteiger partial charge in [0, 0.05) is 31.7 Å². The van der Waals surface area contributed by atoms with Crippen LogP contribution >= 0.6 is 0 Å². The van der Waals surface area contributed by atoms with Crippen LogP contribution in [0.2, 0.25) is 0 Å². The van der Waals surface area contributed by atoms with Crippen molar-refractivity contribution in [2.45, 2.75) is 68.9 Å². The molecule has 3 fully saturated rings. The number of nitrogens with two attached hydrogens (primary N) is 1. The number of ether oxygens (including phenoxy) is 1. The molecule has 13 nitrogen and oxygen atoms in total. The average Bonchev–Trinajstić information content (AvgIpc) is 4.14. The Hall–Kier alpha value is -6.57. The van der Waals surface area contributed by atoms with Crippen molar-refractivity contribution < 1.29 is 24.2 Å². The minimum Gasteiger partial charge on any atom is -0.431 e. The summed E-state index contributed by atoms with van der Waals surface area (Å²) >= 11 is 0. The number of aliphatic hydroxyl groups excluding tert-OH is 1. The van der Waals surface area contributed by atoms with E-state index in [1.807, 2.05) is 47.5 Å². The van der Waals surface area contributed by atoms with Gasteiger partial charge >= 0.3 is 6.09 Å². The molecule has 3 aliphatic rings. The van der Waals surface area contributed by atoms with Gasteiger partial charge in [0.2, 0.25) is 12.0 Å². The molecule has 5 heterocycles. The molecule has 3 amide bonds. The molecule has 5 N–H and O–H groups in total. The van der Waals surface area contributed by atoms with Crippen LogP contribution in [0, 0.1) is 0 Å². The van der Waals surface area contributed by atoms with Crippen LogP contribution in [0.3, 0.4) is 0 Å². The van der Waals surface area contributed by atoms with Crippen LogP contribution in [-0.4, -0.2) is 89.9 Å². The van der Waals surface area contributed by atoms with Crippen LogP contribution in [0.25, 0.3) is 33.6 Å². The molecule has 2 aromatic heterocycles. The average molecular weight is 819 g/mol. The number of carbonyl (C=O) groups excluding carboxylic acids is 3. The molecular formula is C48H50N8O5. The molecule has 0 spiro atoms. The number of piperidine rings is 1. The molecule has 9 rings (SSSR count). The fourth-order valence-electron chi connectivity index (χ4n) is 9.22. The van der Waals surface area contributed by atoms with E-state index in [4.69, 9.17) is 15.5 Å². The first kappa shape index (κ1) is 39.9.